The van der Waals surface area contributed by atoms with Crippen molar-refractivity contribution < 1.29 is 34.2 Å². The van der Waals surface area contributed by atoms with Gasteiger partial charge in [-0.2, -0.15) is 0 Å². The standard InChI is InChI=1S/C26H39N7O7/c1-14(34)22(29)25(38)32-18(8-4-5-11-27)23(36)31-19(9-10-21(28)35)24(37)33-20(26(39)40)12-15-13-30-17-7-3-2-6-16(15)17/h2-3,6-7,13-14,18-20,22,30,34H,4-5,8-12,27,29H2,1H3,(H2,28,35)(H,31,36)(H,32,38)(H,33,37)(H,39,40). The number of carboxylic acids is 1. The third-order valence-corrected chi connectivity index (χ3v) is 6.43. The lowest BCUT2D eigenvalue weighted by Crippen LogP contribution is -2.58. The molecule has 0 aliphatic rings. The Morgan fingerprint density at radius 1 is 0.925 bits per heavy atom. The van der Waals surface area contributed by atoms with E-state index in [1.54, 1.807) is 12.3 Å². The first kappa shape index (κ1) is 32.2. The number of fused-ring (bicyclic) bond motifs is 1. The molecular weight excluding hydrogens is 522 g/mol. The van der Waals surface area contributed by atoms with E-state index in [4.69, 9.17) is 17.2 Å². The van der Waals surface area contributed by atoms with E-state index in [0.717, 1.165) is 10.9 Å². The molecule has 40 heavy (non-hydrogen) atoms. The number of hydrogen-bond donors (Lipinski definition) is 9. The van der Waals surface area contributed by atoms with E-state index in [-0.39, 0.29) is 25.7 Å². The lowest BCUT2D eigenvalue weighted by molar-refractivity contribution is -0.142. The minimum atomic E-state index is -1.34. The maximum absolute atomic E-state index is 13.2. The summed E-state index contributed by atoms with van der Waals surface area (Å²) in [7, 11) is 0. The average Bonchev–Trinajstić information content (AvgIpc) is 3.31. The molecule has 0 saturated heterocycles. The zero-order chi connectivity index (χ0) is 29.8. The van der Waals surface area contributed by atoms with E-state index in [2.05, 4.69) is 20.9 Å². The Morgan fingerprint density at radius 3 is 2.12 bits per heavy atom. The molecule has 0 fully saturated rings. The van der Waals surface area contributed by atoms with Gasteiger partial charge in [0.05, 0.1) is 6.10 Å². The fourth-order valence-corrected chi connectivity index (χ4v) is 4.07. The van der Waals surface area contributed by atoms with Crippen LogP contribution in [-0.2, 0) is 30.4 Å². The number of carbonyl (C=O) groups is 5. The maximum atomic E-state index is 13.2. The number of unbranched alkanes of at least 4 members (excludes halogenated alkanes) is 1. The Bertz CT molecular complexity index is 1180. The van der Waals surface area contributed by atoms with Gasteiger partial charge in [-0.3, -0.25) is 19.2 Å². The molecular formula is C26H39N7O7. The molecule has 0 spiro atoms. The number of primary amides is 1. The molecule has 14 heteroatoms. The lowest BCUT2D eigenvalue weighted by Gasteiger charge is -2.25. The number of aliphatic hydroxyl groups excluding tert-OH is 1. The summed E-state index contributed by atoms with van der Waals surface area (Å²) in [5.74, 6) is -4.38. The zero-order valence-corrected chi connectivity index (χ0v) is 22.4. The van der Waals surface area contributed by atoms with Gasteiger partial charge in [-0.05, 0) is 50.8 Å². The molecule has 1 aromatic heterocycles. The van der Waals surface area contributed by atoms with E-state index >= 15 is 0 Å². The minimum absolute atomic E-state index is 0.0451. The molecule has 1 heterocycles. The molecule has 1 aromatic carbocycles. The minimum Gasteiger partial charge on any atom is -0.480 e. The molecule has 0 aliphatic carbocycles. The second-order valence-electron chi connectivity index (χ2n) is 9.64. The van der Waals surface area contributed by atoms with Crippen molar-refractivity contribution in [2.45, 2.75) is 75.7 Å². The summed E-state index contributed by atoms with van der Waals surface area (Å²) in [6.07, 6.45) is 1.14. The van der Waals surface area contributed by atoms with Crippen LogP contribution in [0.15, 0.2) is 30.5 Å². The Kier molecular flexibility index (Phi) is 12.5. The number of rotatable bonds is 17. The number of hydrogen-bond acceptors (Lipinski definition) is 8. The predicted octanol–water partition coefficient (Wildman–Crippen LogP) is -1.65. The van der Waals surface area contributed by atoms with E-state index in [9.17, 15) is 34.2 Å². The maximum Gasteiger partial charge on any atom is 0.326 e. The fourth-order valence-electron chi connectivity index (χ4n) is 4.07. The predicted molar refractivity (Wildman–Crippen MR) is 146 cm³/mol. The van der Waals surface area contributed by atoms with E-state index in [0.29, 0.717) is 24.9 Å². The highest BCUT2D eigenvalue weighted by molar-refractivity contribution is 5.94. The number of carbonyl (C=O) groups excluding carboxylic acids is 4. The van der Waals surface area contributed by atoms with Gasteiger partial charge in [-0.25, -0.2) is 4.79 Å². The number of aliphatic hydroxyl groups is 1. The largest absolute Gasteiger partial charge is 0.480 e. The first-order valence-electron chi connectivity index (χ1n) is 13.1. The smallest absolute Gasteiger partial charge is 0.326 e. The van der Waals surface area contributed by atoms with Crippen molar-refractivity contribution in [2.75, 3.05) is 6.54 Å². The fraction of sp³-hybridized carbons (Fsp3) is 0.500. The summed E-state index contributed by atoms with van der Waals surface area (Å²) in [6, 6.07) is 2.19. The molecule has 0 bridgehead atoms. The second-order valence-corrected chi connectivity index (χ2v) is 9.64. The van der Waals surface area contributed by atoms with Crippen LogP contribution in [0.1, 0.15) is 44.6 Å². The van der Waals surface area contributed by atoms with Crippen LogP contribution in [0.3, 0.4) is 0 Å². The van der Waals surface area contributed by atoms with Gasteiger partial charge in [0.2, 0.25) is 23.6 Å². The molecule has 5 unspecified atom stereocenters. The molecule has 12 N–H and O–H groups in total. The zero-order valence-electron chi connectivity index (χ0n) is 22.4. The van der Waals surface area contributed by atoms with Gasteiger partial charge >= 0.3 is 5.97 Å². The van der Waals surface area contributed by atoms with Gasteiger partial charge in [-0.1, -0.05) is 18.2 Å². The van der Waals surface area contributed by atoms with Crippen LogP contribution in [0.2, 0.25) is 0 Å². The molecule has 220 valence electrons. The van der Waals surface area contributed by atoms with Crippen LogP contribution in [0.25, 0.3) is 10.9 Å². The molecule has 0 saturated carbocycles. The number of H-pyrrole nitrogens is 1. The van der Waals surface area contributed by atoms with Crippen molar-refractivity contribution in [1.82, 2.24) is 20.9 Å². The molecule has 0 aliphatic heterocycles. The lowest BCUT2D eigenvalue weighted by atomic mass is 10.0. The van der Waals surface area contributed by atoms with Gasteiger partial charge < -0.3 is 48.3 Å². The number of nitrogens with one attached hydrogen (secondary N) is 4. The normalized spacial score (nSPS) is 14.9. The first-order chi connectivity index (χ1) is 18.9. The number of aromatic nitrogens is 1. The van der Waals surface area contributed by atoms with Crippen molar-refractivity contribution in [2.24, 2.45) is 17.2 Å². The monoisotopic (exact) mass is 561 g/mol. The summed E-state index contributed by atoms with van der Waals surface area (Å²) in [4.78, 5) is 65.3. The number of nitrogens with two attached hydrogens (primary N) is 3. The van der Waals surface area contributed by atoms with Crippen LogP contribution in [0.4, 0.5) is 0 Å². The number of aromatic amines is 1. The number of aliphatic carboxylic acids is 1. The van der Waals surface area contributed by atoms with E-state index in [1.165, 1.54) is 6.92 Å². The first-order valence-corrected chi connectivity index (χ1v) is 13.1. The van der Waals surface area contributed by atoms with Crippen molar-refractivity contribution in [3.05, 3.63) is 36.0 Å². The van der Waals surface area contributed by atoms with E-state index < -0.39 is 59.9 Å². The summed E-state index contributed by atoms with van der Waals surface area (Å²) >= 11 is 0. The highest BCUT2D eigenvalue weighted by Gasteiger charge is 2.31. The van der Waals surface area contributed by atoms with Gasteiger partial charge in [0, 0.05) is 29.9 Å². The summed E-state index contributed by atoms with van der Waals surface area (Å²) in [5.41, 5.74) is 17.9. The van der Waals surface area contributed by atoms with Crippen molar-refractivity contribution in [1.29, 1.82) is 0 Å². The topological polar surface area (TPSA) is 256 Å². The summed E-state index contributed by atoms with van der Waals surface area (Å²) in [6.45, 7) is 1.68. The van der Waals surface area contributed by atoms with Crippen LogP contribution < -0.4 is 33.2 Å². The third-order valence-electron chi connectivity index (χ3n) is 6.43. The van der Waals surface area contributed by atoms with Crippen LogP contribution in [0, 0.1) is 0 Å². The van der Waals surface area contributed by atoms with Crippen molar-refractivity contribution >= 4 is 40.5 Å². The number of amides is 4. The molecule has 4 amide bonds. The van der Waals surface area contributed by atoms with E-state index in [1.807, 2.05) is 18.2 Å². The molecule has 0 radical (unpaired) electrons. The molecule has 14 nitrogen and oxygen atoms in total. The average molecular weight is 562 g/mol. The van der Waals surface area contributed by atoms with Crippen LogP contribution >= 0.6 is 0 Å². The Morgan fingerprint density at radius 2 is 1.52 bits per heavy atom. The quantitative estimate of drug-likeness (QED) is 0.100. The number of para-hydroxylation sites is 1. The highest BCUT2D eigenvalue weighted by atomic mass is 16.4. The van der Waals surface area contributed by atoms with Gasteiger partial charge in [0.25, 0.3) is 0 Å². The van der Waals surface area contributed by atoms with Crippen LogP contribution in [0.5, 0.6) is 0 Å². The number of carboxylic acid groups (broad SMARTS) is 1. The van der Waals surface area contributed by atoms with Gasteiger partial charge in [0.1, 0.15) is 24.2 Å². The molecule has 2 aromatic rings. The summed E-state index contributed by atoms with van der Waals surface area (Å²) in [5, 5.41) is 27.6. The highest BCUT2D eigenvalue weighted by Crippen LogP contribution is 2.19. The number of benzene rings is 1. The molecule has 2 rings (SSSR count). The summed E-state index contributed by atoms with van der Waals surface area (Å²) < 4.78 is 0. The third kappa shape index (κ3) is 9.63. The van der Waals surface area contributed by atoms with Gasteiger partial charge in [-0.15, -0.1) is 0 Å². The SMILES string of the molecule is CC(O)C(N)C(=O)NC(CCCCN)C(=O)NC(CCC(N)=O)C(=O)NC(Cc1c[nH]c2ccccc12)C(=O)O. The Balaban J connectivity index is 2.20. The van der Waals surface area contributed by atoms with Crippen LogP contribution in [-0.4, -0.2) is 81.6 Å². The Labute approximate surface area is 231 Å². The molecule has 5 atom stereocenters. The van der Waals surface area contributed by atoms with Crippen molar-refractivity contribution in [3.8, 4) is 0 Å². The van der Waals surface area contributed by atoms with Gasteiger partial charge in [0.15, 0.2) is 0 Å². The Hall–Kier alpha value is -4.01. The second kappa shape index (κ2) is 15.5. The van der Waals surface area contributed by atoms with Crippen molar-refractivity contribution in [3.63, 3.8) is 0 Å².